The summed E-state index contributed by atoms with van der Waals surface area (Å²) in [7, 11) is 0. The highest BCUT2D eigenvalue weighted by atomic mass is 24.3. The first-order valence-corrected chi connectivity index (χ1v) is 14.5. The molecule has 0 radical (unpaired) electrons. The van der Waals surface area contributed by atoms with Crippen LogP contribution in [0.4, 0.5) is 0 Å². The molecule has 0 bridgehead atoms. The van der Waals surface area contributed by atoms with Gasteiger partial charge in [0.15, 0.2) is 0 Å². The Hall–Kier alpha value is -3.17. The molecule has 0 atom stereocenters. The fraction of sp³-hybridized carbons (Fsp3) is 0.667. The monoisotopic (exact) mass is 726 g/mol. The van der Waals surface area contributed by atoms with Gasteiger partial charge in [-0.25, -0.2) is 9.59 Å². The van der Waals surface area contributed by atoms with E-state index in [1.165, 1.54) is 13.8 Å². The Labute approximate surface area is 300 Å². The number of ether oxygens (including phenoxy) is 2. The average Bonchev–Trinajstić information content (AvgIpc) is 3.03. The lowest BCUT2D eigenvalue weighted by atomic mass is 9.92. The molecule has 0 aromatic heterocycles. The van der Waals surface area contributed by atoms with Gasteiger partial charge in [0.25, 0.3) is 0 Å². The summed E-state index contributed by atoms with van der Waals surface area (Å²) in [6.45, 7) is 6.52. The normalized spacial score (nSPS) is 10.1. The zero-order chi connectivity index (χ0) is 38.3. The van der Waals surface area contributed by atoms with Crippen molar-refractivity contribution < 1.29 is 89.3 Å². The molecule has 0 saturated carbocycles. The van der Waals surface area contributed by atoms with E-state index in [1.807, 2.05) is 0 Å². The SMILES string of the molecule is C=C(C)C(=O)OCC(CO)(CO)CO.C=C(C)C(=O)OCC(CO)(CO)CO.O=C(O)CCCCC(=O)O.O=C(O)CCCCC(=O)O.[MgH2]. The van der Waals surface area contributed by atoms with Crippen LogP contribution in [0.3, 0.4) is 0 Å². The molecule has 0 rings (SSSR count). The Kier molecular flexibility index (Phi) is 37.6. The Morgan fingerprint density at radius 2 is 0.653 bits per heavy atom. The Balaban J connectivity index is -0.000000177. The minimum Gasteiger partial charge on any atom is -0.481 e. The molecule has 0 aliphatic heterocycles. The number of hydrogen-bond donors (Lipinski definition) is 10. The molecule has 49 heavy (non-hydrogen) atoms. The van der Waals surface area contributed by atoms with E-state index in [0.717, 1.165) is 0 Å². The third-order valence-corrected chi connectivity index (χ3v) is 5.79. The van der Waals surface area contributed by atoms with Crippen LogP contribution >= 0.6 is 0 Å². The molecule has 0 fully saturated rings. The van der Waals surface area contributed by atoms with Crippen LogP contribution < -0.4 is 0 Å². The number of carbonyl (C=O) groups excluding carboxylic acids is 2. The molecule has 0 amide bonds. The van der Waals surface area contributed by atoms with Gasteiger partial charge in [-0.2, -0.15) is 0 Å². The highest BCUT2D eigenvalue weighted by Crippen LogP contribution is 2.16. The van der Waals surface area contributed by atoms with Crippen molar-refractivity contribution in [2.75, 3.05) is 52.9 Å². The second-order valence-electron chi connectivity index (χ2n) is 10.7. The molecule has 0 aliphatic carbocycles. The number of carbonyl (C=O) groups is 6. The van der Waals surface area contributed by atoms with Crippen molar-refractivity contribution in [1.29, 1.82) is 0 Å². The number of aliphatic carboxylic acids is 4. The largest absolute Gasteiger partial charge is 0.481 e. The lowest BCUT2D eigenvalue weighted by Gasteiger charge is -2.26. The number of unbranched alkanes of at least 4 members (excludes halogenated alkanes) is 2. The van der Waals surface area contributed by atoms with Crippen LogP contribution in [0.2, 0.25) is 0 Å². The molecular weight excluding hydrogens is 673 g/mol. The van der Waals surface area contributed by atoms with Crippen LogP contribution in [-0.4, -0.2) is 163 Å². The van der Waals surface area contributed by atoms with Crippen molar-refractivity contribution in [2.45, 2.75) is 65.2 Å². The summed E-state index contributed by atoms with van der Waals surface area (Å²) in [5.74, 6) is -4.69. The molecule has 19 heteroatoms. The van der Waals surface area contributed by atoms with Crippen molar-refractivity contribution in [1.82, 2.24) is 0 Å². The number of aliphatic hydroxyl groups is 6. The van der Waals surface area contributed by atoms with Crippen molar-refractivity contribution in [3.8, 4) is 0 Å². The lowest BCUT2D eigenvalue weighted by Crippen LogP contribution is -2.39. The van der Waals surface area contributed by atoms with E-state index in [9.17, 15) is 28.8 Å². The van der Waals surface area contributed by atoms with Gasteiger partial charge in [0.05, 0.1) is 50.5 Å². The van der Waals surface area contributed by atoms with Gasteiger partial charge in [0.1, 0.15) is 13.2 Å². The molecule has 0 aliphatic rings. The fourth-order valence-electron chi connectivity index (χ4n) is 2.36. The smallest absolute Gasteiger partial charge is 0.333 e. The van der Waals surface area contributed by atoms with E-state index < -0.39 is 86.3 Å². The summed E-state index contributed by atoms with van der Waals surface area (Å²) in [5, 5.41) is 85.9. The van der Waals surface area contributed by atoms with Crippen molar-refractivity contribution in [2.24, 2.45) is 10.8 Å². The summed E-state index contributed by atoms with van der Waals surface area (Å²) < 4.78 is 9.45. The maximum Gasteiger partial charge on any atom is 0.333 e. The Bertz CT molecular complexity index is 863. The minimum absolute atomic E-state index is 0. The number of esters is 2. The van der Waals surface area contributed by atoms with E-state index in [4.69, 9.17) is 60.5 Å². The second kappa shape index (κ2) is 33.3. The first kappa shape index (κ1) is 55.2. The highest BCUT2D eigenvalue weighted by molar-refractivity contribution is 5.87. The summed E-state index contributed by atoms with van der Waals surface area (Å²) >= 11 is 0. The predicted octanol–water partition coefficient (Wildman–Crippen LogP) is -1.35. The highest BCUT2D eigenvalue weighted by Gasteiger charge is 2.31. The van der Waals surface area contributed by atoms with E-state index in [0.29, 0.717) is 25.7 Å². The zero-order valence-corrected chi connectivity index (χ0v) is 27.5. The van der Waals surface area contributed by atoms with Crippen LogP contribution in [-0.2, 0) is 38.2 Å². The molecule has 0 heterocycles. The average molecular weight is 727 g/mol. The number of aliphatic hydroxyl groups excluding tert-OH is 6. The maximum absolute atomic E-state index is 11.0. The quantitative estimate of drug-likeness (QED) is 0.0267. The fourth-order valence-corrected chi connectivity index (χ4v) is 2.36. The molecule has 0 unspecified atom stereocenters. The van der Waals surface area contributed by atoms with Gasteiger partial charge in [0.2, 0.25) is 0 Å². The van der Waals surface area contributed by atoms with Crippen LogP contribution in [0, 0.1) is 10.8 Å². The molecule has 0 saturated heterocycles. The molecular formula is C30H54MgO18. The number of rotatable bonds is 22. The van der Waals surface area contributed by atoms with E-state index in [-0.39, 0.29) is 73.1 Å². The van der Waals surface area contributed by atoms with Crippen molar-refractivity contribution in [3.05, 3.63) is 24.3 Å². The second-order valence-corrected chi connectivity index (χ2v) is 10.7. The van der Waals surface area contributed by atoms with Crippen LogP contribution in [0.5, 0.6) is 0 Å². The molecule has 0 aromatic rings. The topological polar surface area (TPSA) is 323 Å². The standard InChI is InChI=1S/2C9H16O5.2C6H10O4.Mg.2H/c2*1-7(2)8(13)14-6-9(3-10,4-11)5-12;2*7-5(8)3-1-2-4-6(9)10;;;/h2*10-12H,1,3-6H2,2H3;2*1-4H2,(H,7,8)(H,9,10);;;. The molecule has 18 nitrogen and oxygen atoms in total. The van der Waals surface area contributed by atoms with E-state index in [2.05, 4.69) is 13.2 Å². The van der Waals surface area contributed by atoms with E-state index >= 15 is 0 Å². The van der Waals surface area contributed by atoms with Gasteiger partial charge in [-0.3, -0.25) is 19.2 Å². The Morgan fingerprint density at radius 1 is 0.469 bits per heavy atom. The third-order valence-electron chi connectivity index (χ3n) is 5.79. The lowest BCUT2D eigenvalue weighted by molar-refractivity contribution is -0.147. The third kappa shape index (κ3) is 34.5. The van der Waals surface area contributed by atoms with Crippen LogP contribution in [0.25, 0.3) is 0 Å². The number of hydrogen-bond acceptors (Lipinski definition) is 14. The van der Waals surface area contributed by atoms with Gasteiger partial charge in [-0.05, 0) is 39.5 Å². The first-order valence-electron chi connectivity index (χ1n) is 14.5. The number of carboxylic acids is 4. The zero-order valence-electron chi connectivity index (χ0n) is 27.5. The maximum atomic E-state index is 11.0. The van der Waals surface area contributed by atoms with Crippen LogP contribution in [0.15, 0.2) is 24.3 Å². The van der Waals surface area contributed by atoms with Crippen molar-refractivity contribution >= 4 is 58.9 Å². The summed E-state index contributed by atoms with van der Waals surface area (Å²) in [6, 6.07) is 0. The minimum atomic E-state index is -1.18. The number of carboxylic acid groups (broad SMARTS) is 4. The van der Waals surface area contributed by atoms with Crippen molar-refractivity contribution in [3.63, 3.8) is 0 Å². The predicted molar refractivity (Wildman–Crippen MR) is 175 cm³/mol. The van der Waals surface area contributed by atoms with Gasteiger partial charge >= 0.3 is 58.9 Å². The molecule has 0 aromatic carbocycles. The van der Waals surface area contributed by atoms with Crippen LogP contribution in [0.1, 0.15) is 65.2 Å². The van der Waals surface area contributed by atoms with E-state index in [1.54, 1.807) is 0 Å². The van der Waals surface area contributed by atoms with Gasteiger partial charge in [0, 0.05) is 36.8 Å². The molecule has 284 valence electrons. The molecule has 0 spiro atoms. The van der Waals surface area contributed by atoms with Gasteiger partial charge < -0.3 is 60.5 Å². The summed E-state index contributed by atoms with van der Waals surface area (Å²) in [5.41, 5.74) is -1.89. The van der Waals surface area contributed by atoms with Gasteiger partial charge in [-0.15, -0.1) is 0 Å². The summed E-state index contributed by atoms with van der Waals surface area (Å²) in [6.07, 6.45) is 2.04. The Morgan fingerprint density at radius 3 is 0.776 bits per heavy atom. The summed E-state index contributed by atoms with van der Waals surface area (Å²) in [4.78, 5) is 61.5. The first-order chi connectivity index (χ1) is 22.3. The van der Waals surface area contributed by atoms with Gasteiger partial charge in [-0.1, -0.05) is 13.2 Å². The molecule has 10 N–H and O–H groups in total.